The lowest BCUT2D eigenvalue weighted by molar-refractivity contribution is -0.135. The summed E-state index contributed by atoms with van der Waals surface area (Å²) in [6.45, 7) is 2.35. The van der Waals surface area contributed by atoms with Crippen molar-refractivity contribution in [3.8, 4) is 5.88 Å². The molecule has 3 rings (SSSR count). The van der Waals surface area contributed by atoms with Crippen LogP contribution in [0.3, 0.4) is 0 Å². The van der Waals surface area contributed by atoms with Gasteiger partial charge in [-0.25, -0.2) is 9.78 Å². The van der Waals surface area contributed by atoms with Crippen LogP contribution in [0.4, 0.5) is 13.2 Å². The van der Waals surface area contributed by atoms with Gasteiger partial charge in [0.1, 0.15) is 0 Å². The smallest absolute Gasteiger partial charge is 0.389 e. The van der Waals surface area contributed by atoms with Gasteiger partial charge in [-0.1, -0.05) is 31.5 Å². The molecule has 0 N–H and O–H groups in total. The van der Waals surface area contributed by atoms with Gasteiger partial charge in [0.15, 0.2) is 0 Å². The number of carbonyl (C=O) groups excluding carboxylic acids is 1. The van der Waals surface area contributed by atoms with E-state index in [9.17, 15) is 18.0 Å². The number of alkyl halides is 3. The maximum atomic E-state index is 13.0. The summed E-state index contributed by atoms with van der Waals surface area (Å²) in [5.74, 6) is -0.434. The Kier molecular flexibility index (Phi) is 7.72. The Balaban J connectivity index is 1.89. The van der Waals surface area contributed by atoms with E-state index < -0.39 is 24.5 Å². The molecule has 1 aromatic heterocycles. The van der Waals surface area contributed by atoms with E-state index in [2.05, 4.69) is 4.98 Å². The van der Waals surface area contributed by atoms with Gasteiger partial charge in [-0.2, -0.15) is 13.2 Å². The van der Waals surface area contributed by atoms with Gasteiger partial charge in [-0.15, -0.1) is 0 Å². The lowest BCUT2D eigenvalue weighted by atomic mass is 9.86. The number of carbonyl (C=O) groups is 1. The average Bonchev–Trinajstić information content (AvgIpc) is 2.78. The number of benzene rings is 2. The summed E-state index contributed by atoms with van der Waals surface area (Å²) in [6, 6.07) is 15.6. The maximum absolute atomic E-state index is 13.0. The highest BCUT2D eigenvalue weighted by Crippen LogP contribution is 2.35. The van der Waals surface area contributed by atoms with Crippen molar-refractivity contribution in [3.63, 3.8) is 0 Å². The lowest BCUT2D eigenvalue weighted by Crippen LogP contribution is -2.12. The van der Waals surface area contributed by atoms with Crippen LogP contribution in [0.2, 0.25) is 0 Å². The molecule has 2 aromatic carbocycles. The first kappa shape index (κ1) is 23.6. The third kappa shape index (κ3) is 6.22. The SMILES string of the molecule is CCCCOC(=O)c1ccc(C(CCC(F)(F)F)c2ccc3nc(OC)ccc3c2)cc1. The molecule has 0 radical (unpaired) electrons. The standard InChI is InChI=1S/C25H26F3NO3/c1-3-4-15-32-24(30)18-7-5-17(6-8-18)21(13-14-25(26,27)28)19-9-11-22-20(16-19)10-12-23(29-22)31-2/h5-12,16,21H,3-4,13-15H2,1-2H3. The highest BCUT2D eigenvalue weighted by atomic mass is 19.4. The van der Waals surface area contributed by atoms with Crippen LogP contribution in [0.5, 0.6) is 5.88 Å². The van der Waals surface area contributed by atoms with Crippen LogP contribution in [0.1, 0.15) is 60.0 Å². The summed E-state index contributed by atoms with van der Waals surface area (Å²) in [5, 5.41) is 0.816. The summed E-state index contributed by atoms with van der Waals surface area (Å²) >= 11 is 0. The summed E-state index contributed by atoms with van der Waals surface area (Å²) < 4.78 is 49.4. The summed E-state index contributed by atoms with van der Waals surface area (Å²) in [4.78, 5) is 16.5. The predicted octanol–water partition coefficient (Wildman–Crippen LogP) is 6.67. The van der Waals surface area contributed by atoms with Gasteiger partial charge < -0.3 is 9.47 Å². The molecule has 1 atom stereocenters. The molecular weight excluding hydrogens is 419 g/mol. The molecule has 0 aliphatic rings. The third-order valence-electron chi connectivity index (χ3n) is 5.30. The molecule has 0 spiro atoms. The van der Waals surface area contributed by atoms with Crippen molar-refractivity contribution in [2.24, 2.45) is 0 Å². The van der Waals surface area contributed by atoms with Crippen LogP contribution in [-0.4, -0.2) is 30.8 Å². The van der Waals surface area contributed by atoms with E-state index in [1.807, 2.05) is 19.1 Å². The fourth-order valence-corrected chi connectivity index (χ4v) is 3.53. The molecule has 32 heavy (non-hydrogen) atoms. The zero-order valence-electron chi connectivity index (χ0n) is 18.1. The van der Waals surface area contributed by atoms with Crippen LogP contribution in [0.15, 0.2) is 54.6 Å². The van der Waals surface area contributed by atoms with Gasteiger partial charge in [0.2, 0.25) is 5.88 Å². The van der Waals surface area contributed by atoms with Gasteiger partial charge in [0.05, 0.1) is 24.8 Å². The Labute approximate surface area is 185 Å². The predicted molar refractivity (Wildman–Crippen MR) is 117 cm³/mol. The average molecular weight is 445 g/mol. The van der Waals surface area contributed by atoms with E-state index in [0.717, 1.165) is 23.8 Å². The molecule has 0 saturated heterocycles. The van der Waals surface area contributed by atoms with E-state index in [4.69, 9.17) is 9.47 Å². The Morgan fingerprint density at radius 3 is 2.41 bits per heavy atom. The number of fused-ring (bicyclic) bond motifs is 1. The van der Waals surface area contributed by atoms with Crippen molar-refractivity contribution in [1.82, 2.24) is 4.98 Å². The number of rotatable bonds is 9. The summed E-state index contributed by atoms with van der Waals surface area (Å²) in [7, 11) is 1.53. The molecule has 0 saturated carbocycles. The minimum absolute atomic E-state index is 0.0983. The van der Waals surface area contributed by atoms with Crippen molar-refractivity contribution >= 4 is 16.9 Å². The zero-order chi connectivity index (χ0) is 23.1. The fraction of sp³-hybridized carbons (Fsp3) is 0.360. The van der Waals surface area contributed by atoms with E-state index in [1.54, 1.807) is 42.5 Å². The number of esters is 1. The Bertz CT molecular complexity index is 1050. The molecule has 1 heterocycles. The molecule has 0 aliphatic carbocycles. The van der Waals surface area contributed by atoms with Crippen LogP contribution in [0, 0.1) is 0 Å². The first-order valence-electron chi connectivity index (χ1n) is 10.6. The first-order valence-corrected chi connectivity index (χ1v) is 10.6. The van der Waals surface area contributed by atoms with Gasteiger partial charge in [0.25, 0.3) is 0 Å². The molecule has 1 unspecified atom stereocenters. The van der Waals surface area contributed by atoms with Crippen molar-refractivity contribution < 1.29 is 27.4 Å². The second-order valence-corrected chi connectivity index (χ2v) is 7.62. The molecule has 7 heteroatoms. The van der Waals surface area contributed by atoms with Crippen LogP contribution in [-0.2, 0) is 4.74 Å². The number of unbranched alkanes of at least 4 members (excludes halogenated alkanes) is 1. The number of hydrogen-bond acceptors (Lipinski definition) is 4. The van der Waals surface area contributed by atoms with Crippen molar-refractivity contribution in [1.29, 1.82) is 0 Å². The van der Waals surface area contributed by atoms with E-state index in [-0.39, 0.29) is 6.42 Å². The van der Waals surface area contributed by atoms with Crippen LogP contribution < -0.4 is 4.74 Å². The number of pyridine rings is 1. The summed E-state index contributed by atoms with van der Waals surface area (Å²) in [5.41, 5.74) is 2.55. The number of ether oxygens (including phenoxy) is 2. The molecule has 0 bridgehead atoms. The minimum atomic E-state index is -4.26. The van der Waals surface area contributed by atoms with Gasteiger partial charge >= 0.3 is 12.1 Å². The zero-order valence-corrected chi connectivity index (χ0v) is 18.1. The summed E-state index contributed by atoms with van der Waals surface area (Å²) in [6.07, 6.45) is -3.56. The largest absolute Gasteiger partial charge is 0.481 e. The quantitative estimate of drug-likeness (QED) is 0.272. The maximum Gasteiger partial charge on any atom is 0.389 e. The Morgan fingerprint density at radius 1 is 1.03 bits per heavy atom. The second kappa shape index (κ2) is 10.5. The molecule has 3 aromatic rings. The van der Waals surface area contributed by atoms with Crippen LogP contribution in [0.25, 0.3) is 10.9 Å². The number of hydrogen-bond donors (Lipinski definition) is 0. The van der Waals surface area contributed by atoms with E-state index in [0.29, 0.717) is 29.1 Å². The highest BCUT2D eigenvalue weighted by molar-refractivity contribution is 5.89. The third-order valence-corrected chi connectivity index (χ3v) is 5.30. The normalized spacial score (nSPS) is 12.5. The van der Waals surface area contributed by atoms with E-state index in [1.165, 1.54) is 7.11 Å². The molecular formula is C25H26F3NO3. The lowest BCUT2D eigenvalue weighted by Gasteiger charge is -2.20. The molecule has 4 nitrogen and oxygen atoms in total. The number of methoxy groups -OCH3 is 1. The van der Waals surface area contributed by atoms with Gasteiger partial charge in [0, 0.05) is 23.8 Å². The Morgan fingerprint density at radius 2 is 1.75 bits per heavy atom. The minimum Gasteiger partial charge on any atom is -0.481 e. The Hall–Kier alpha value is -3.09. The fourth-order valence-electron chi connectivity index (χ4n) is 3.53. The van der Waals surface area contributed by atoms with Gasteiger partial charge in [-0.3, -0.25) is 0 Å². The molecule has 0 amide bonds. The van der Waals surface area contributed by atoms with Gasteiger partial charge in [-0.05, 0) is 54.3 Å². The second-order valence-electron chi connectivity index (χ2n) is 7.62. The van der Waals surface area contributed by atoms with Crippen LogP contribution >= 0.6 is 0 Å². The van der Waals surface area contributed by atoms with Crippen molar-refractivity contribution in [2.75, 3.05) is 13.7 Å². The van der Waals surface area contributed by atoms with E-state index >= 15 is 0 Å². The molecule has 0 aliphatic heterocycles. The number of halogens is 3. The monoisotopic (exact) mass is 445 g/mol. The number of nitrogens with zero attached hydrogens (tertiary/aromatic N) is 1. The molecule has 170 valence electrons. The topological polar surface area (TPSA) is 48.4 Å². The van der Waals surface area contributed by atoms with Crippen molar-refractivity contribution in [2.45, 2.75) is 44.7 Å². The first-order chi connectivity index (χ1) is 15.3. The van der Waals surface area contributed by atoms with Crippen molar-refractivity contribution in [3.05, 3.63) is 71.3 Å². The number of aromatic nitrogens is 1. The highest BCUT2D eigenvalue weighted by Gasteiger charge is 2.29. The molecule has 0 fully saturated rings.